The Hall–Kier alpha value is -2.42. The molecule has 0 aromatic heterocycles. The number of rotatable bonds is 2. The van der Waals surface area contributed by atoms with Crippen LogP contribution in [0, 0.1) is 0 Å². The van der Waals surface area contributed by atoms with E-state index in [9.17, 15) is 4.79 Å². The molecule has 20 heavy (non-hydrogen) atoms. The summed E-state index contributed by atoms with van der Waals surface area (Å²) < 4.78 is 0. The van der Waals surface area contributed by atoms with Crippen molar-refractivity contribution in [1.29, 1.82) is 0 Å². The van der Waals surface area contributed by atoms with Crippen molar-refractivity contribution >= 4 is 11.6 Å². The molecule has 1 aliphatic heterocycles. The molecule has 0 radical (unpaired) electrons. The van der Waals surface area contributed by atoms with Gasteiger partial charge in [-0.05, 0) is 42.4 Å². The first-order valence-electron chi connectivity index (χ1n) is 6.67. The molecule has 0 saturated heterocycles. The summed E-state index contributed by atoms with van der Waals surface area (Å²) in [7, 11) is 0. The van der Waals surface area contributed by atoms with Crippen LogP contribution in [0.15, 0.2) is 77.1 Å². The summed E-state index contributed by atoms with van der Waals surface area (Å²) in [5, 5.41) is 0. The van der Waals surface area contributed by atoms with E-state index in [0.29, 0.717) is 5.71 Å². The van der Waals surface area contributed by atoms with Crippen molar-refractivity contribution in [3.05, 3.63) is 72.2 Å². The predicted octanol–water partition coefficient (Wildman–Crippen LogP) is 3.32. The zero-order valence-corrected chi connectivity index (χ0v) is 11.8. The maximum atomic E-state index is 10.9. The van der Waals surface area contributed by atoms with E-state index in [4.69, 9.17) is 0 Å². The van der Waals surface area contributed by atoms with E-state index in [1.165, 1.54) is 6.92 Å². The Morgan fingerprint density at radius 2 is 1.60 bits per heavy atom. The zero-order valence-electron chi connectivity index (χ0n) is 11.8. The molecule has 1 amide bonds. The smallest absolute Gasteiger partial charge is 0.243 e. The Labute approximate surface area is 119 Å². The summed E-state index contributed by atoms with van der Waals surface area (Å²) in [6, 6.07) is 0. The summed E-state index contributed by atoms with van der Waals surface area (Å²) in [5.41, 5.74) is 2.94. The van der Waals surface area contributed by atoms with Crippen molar-refractivity contribution < 1.29 is 4.79 Å². The molecule has 3 nitrogen and oxygen atoms in total. The summed E-state index contributed by atoms with van der Waals surface area (Å²) >= 11 is 0. The van der Waals surface area contributed by atoms with E-state index in [1.807, 2.05) is 30.4 Å². The summed E-state index contributed by atoms with van der Waals surface area (Å²) in [5.74, 6) is -0.179. The van der Waals surface area contributed by atoms with Gasteiger partial charge in [0.05, 0.1) is 5.71 Å². The van der Waals surface area contributed by atoms with Gasteiger partial charge in [0.2, 0.25) is 5.91 Å². The predicted molar refractivity (Wildman–Crippen MR) is 83.2 cm³/mol. The van der Waals surface area contributed by atoms with Gasteiger partial charge in [-0.2, -0.15) is 0 Å². The average molecular weight is 266 g/mol. The fourth-order valence-corrected chi connectivity index (χ4v) is 1.83. The molecule has 0 unspecified atom stereocenters. The first kappa shape index (κ1) is 14.0. The third-order valence-electron chi connectivity index (χ3n) is 2.93. The van der Waals surface area contributed by atoms with Gasteiger partial charge in [-0.25, -0.2) is 4.99 Å². The molecule has 1 aliphatic carbocycles. The molecule has 1 heterocycles. The van der Waals surface area contributed by atoms with Crippen LogP contribution in [0.4, 0.5) is 0 Å². The van der Waals surface area contributed by atoms with Crippen LogP contribution >= 0.6 is 0 Å². The molecule has 102 valence electrons. The van der Waals surface area contributed by atoms with Gasteiger partial charge in [-0.15, -0.1) is 0 Å². The van der Waals surface area contributed by atoms with Crippen LogP contribution < -0.4 is 0 Å². The number of carbonyl (C=O) groups excluding carboxylic acids is 1. The summed E-state index contributed by atoms with van der Waals surface area (Å²) in [4.78, 5) is 16.9. The first-order chi connectivity index (χ1) is 9.67. The van der Waals surface area contributed by atoms with Gasteiger partial charge in [0, 0.05) is 25.9 Å². The quantitative estimate of drug-likeness (QED) is 0.768. The topological polar surface area (TPSA) is 32.7 Å². The van der Waals surface area contributed by atoms with Crippen LogP contribution in [-0.2, 0) is 4.79 Å². The van der Waals surface area contributed by atoms with Crippen LogP contribution in [0.25, 0.3) is 0 Å². The van der Waals surface area contributed by atoms with Crippen molar-refractivity contribution in [2.24, 2.45) is 4.99 Å². The zero-order chi connectivity index (χ0) is 14.4. The number of hydrogen-bond donors (Lipinski definition) is 0. The maximum Gasteiger partial charge on any atom is 0.243 e. The minimum atomic E-state index is -0.179. The van der Waals surface area contributed by atoms with Crippen LogP contribution in [0.5, 0.6) is 0 Å². The van der Waals surface area contributed by atoms with Crippen molar-refractivity contribution in [3.63, 3.8) is 0 Å². The number of allylic oxidation sites excluding steroid dienone is 10. The van der Waals surface area contributed by atoms with Crippen molar-refractivity contribution in [3.8, 4) is 0 Å². The van der Waals surface area contributed by atoms with Crippen LogP contribution in [0.3, 0.4) is 0 Å². The minimum Gasteiger partial charge on any atom is -0.354 e. The van der Waals surface area contributed by atoms with Gasteiger partial charge in [0.1, 0.15) is 0 Å². The molecule has 0 saturated carbocycles. The Morgan fingerprint density at radius 3 is 2.10 bits per heavy atom. The highest BCUT2D eigenvalue weighted by Gasteiger charge is 1.99. The Kier molecular flexibility index (Phi) is 4.66. The molecule has 0 fully saturated rings. The lowest BCUT2D eigenvalue weighted by molar-refractivity contribution is -0.115. The van der Waals surface area contributed by atoms with Gasteiger partial charge in [-0.1, -0.05) is 24.3 Å². The Balaban J connectivity index is 2.03. The lowest BCUT2D eigenvalue weighted by Crippen LogP contribution is -2.09. The SMILES string of the molecule is CCN1C=CC(=CC=C2C=CC(=NC(C)=O)C=C2)C=C1. The van der Waals surface area contributed by atoms with E-state index < -0.39 is 0 Å². The highest BCUT2D eigenvalue weighted by atomic mass is 16.1. The van der Waals surface area contributed by atoms with Crippen molar-refractivity contribution in [2.45, 2.75) is 13.8 Å². The molecule has 2 rings (SSSR count). The first-order valence-corrected chi connectivity index (χ1v) is 6.67. The van der Waals surface area contributed by atoms with E-state index in [-0.39, 0.29) is 5.91 Å². The van der Waals surface area contributed by atoms with Crippen molar-refractivity contribution in [1.82, 2.24) is 4.90 Å². The number of carbonyl (C=O) groups is 1. The molecular weight excluding hydrogens is 248 g/mol. The lowest BCUT2D eigenvalue weighted by Gasteiger charge is -2.15. The summed E-state index contributed by atoms with van der Waals surface area (Å²) in [6.45, 7) is 4.54. The van der Waals surface area contributed by atoms with Gasteiger partial charge < -0.3 is 4.90 Å². The van der Waals surface area contributed by atoms with E-state index in [2.05, 4.69) is 47.4 Å². The monoisotopic (exact) mass is 266 g/mol. The normalized spacial score (nSPS) is 16.7. The second-order valence-corrected chi connectivity index (χ2v) is 4.52. The Morgan fingerprint density at radius 1 is 1.05 bits per heavy atom. The average Bonchev–Trinajstić information content (AvgIpc) is 2.46. The van der Waals surface area contributed by atoms with Gasteiger partial charge in [0.15, 0.2) is 0 Å². The van der Waals surface area contributed by atoms with E-state index in [1.54, 1.807) is 0 Å². The van der Waals surface area contributed by atoms with Gasteiger partial charge in [0.25, 0.3) is 0 Å². The third-order valence-corrected chi connectivity index (χ3v) is 2.93. The highest BCUT2D eigenvalue weighted by Crippen LogP contribution is 2.12. The number of aliphatic imine (C=N–C) groups is 1. The highest BCUT2D eigenvalue weighted by molar-refractivity contribution is 6.10. The standard InChI is InChI=1S/C17H18N2O/c1-3-19-12-10-16(11-13-19)5-4-15-6-8-17(9-7-15)18-14(2)20/h4-13H,3H2,1-2H3. The van der Waals surface area contributed by atoms with Crippen LogP contribution in [0.2, 0.25) is 0 Å². The third kappa shape index (κ3) is 4.05. The molecule has 0 atom stereocenters. The summed E-state index contributed by atoms with van der Waals surface area (Å²) in [6.07, 6.45) is 20.0. The lowest BCUT2D eigenvalue weighted by atomic mass is 10.1. The molecule has 3 heteroatoms. The fourth-order valence-electron chi connectivity index (χ4n) is 1.83. The van der Waals surface area contributed by atoms with Crippen molar-refractivity contribution in [2.75, 3.05) is 6.54 Å². The molecule has 2 aliphatic rings. The molecular formula is C17H18N2O. The van der Waals surface area contributed by atoms with Gasteiger partial charge in [-0.3, -0.25) is 4.79 Å². The number of amides is 1. The molecule has 0 aromatic rings. The number of nitrogens with zero attached hydrogens (tertiary/aromatic N) is 2. The molecule has 0 N–H and O–H groups in total. The minimum absolute atomic E-state index is 0.179. The largest absolute Gasteiger partial charge is 0.354 e. The second kappa shape index (κ2) is 6.66. The fraction of sp³-hybridized carbons (Fsp3) is 0.176. The number of hydrogen-bond acceptors (Lipinski definition) is 2. The maximum absolute atomic E-state index is 10.9. The van der Waals surface area contributed by atoms with Gasteiger partial charge >= 0.3 is 0 Å². The second-order valence-electron chi connectivity index (χ2n) is 4.52. The van der Waals surface area contributed by atoms with E-state index >= 15 is 0 Å². The molecule has 0 bridgehead atoms. The molecule has 0 aromatic carbocycles. The van der Waals surface area contributed by atoms with Crippen LogP contribution in [0.1, 0.15) is 13.8 Å². The van der Waals surface area contributed by atoms with Crippen LogP contribution in [-0.4, -0.2) is 23.1 Å². The molecule has 0 spiro atoms. The van der Waals surface area contributed by atoms with E-state index in [0.717, 1.165) is 17.7 Å². The Bertz CT molecular complexity index is 564.